The fourth-order valence-electron chi connectivity index (χ4n) is 1.31. The summed E-state index contributed by atoms with van der Waals surface area (Å²) in [5, 5.41) is 14.2. The molecule has 2 nitrogen and oxygen atoms in total. The third-order valence-electron chi connectivity index (χ3n) is 2.00. The Morgan fingerprint density at radius 3 is 3.08 bits per heavy atom. The summed E-state index contributed by atoms with van der Waals surface area (Å²) in [6.07, 6.45) is 1.88. The molecular formula is C10H19NOS. The predicted molar refractivity (Wildman–Crippen MR) is 59.5 cm³/mol. The maximum atomic E-state index is 8.83. The van der Waals surface area contributed by atoms with Gasteiger partial charge in [0.15, 0.2) is 0 Å². The Morgan fingerprint density at radius 2 is 2.38 bits per heavy atom. The second-order valence-corrected chi connectivity index (χ2v) is 3.95. The number of hydrogen-bond donors (Lipinski definition) is 2. The van der Waals surface area contributed by atoms with E-state index in [0.29, 0.717) is 0 Å². The smallest absolute Gasteiger partial charge is 0.0479 e. The molecule has 1 heterocycles. The molecule has 0 unspecified atom stereocenters. The Morgan fingerprint density at radius 1 is 1.54 bits per heavy atom. The van der Waals surface area contributed by atoms with Gasteiger partial charge in [0.1, 0.15) is 0 Å². The summed E-state index contributed by atoms with van der Waals surface area (Å²) in [6.45, 7) is 4.43. The summed E-state index contributed by atoms with van der Waals surface area (Å²) in [7, 11) is 0. The van der Waals surface area contributed by atoms with E-state index in [1.165, 1.54) is 10.4 Å². The minimum Gasteiger partial charge on any atom is -0.396 e. The summed E-state index contributed by atoms with van der Waals surface area (Å²) >= 11 is 1.74. The number of aliphatic hydroxyl groups is 1. The van der Waals surface area contributed by atoms with Crippen LogP contribution in [0, 0.1) is 0 Å². The maximum Gasteiger partial charge on any atom is 0.0479 e. The van der Waals surface area contributed by atoms with Crippen LogP contribution in [0.1, 0.15) is 18.8 Å². The average molecular weight is 201 g/mol. The van der Waals surface area contributed by atoms with Crippen LogP contribution in [-0.4, -0.2) is 24.8 Å². The van der Waals surface area contributed by atoms with Crippen molar-refractivity contribution in [3.8, 4) is 0 Å². The van der Waals surface area contributed by atoms with Crippen molar-refractivity contribution in [2.45, 2.75) is 19.8 Å². The second kappa shape index (κ2) is 6.13. The first kappa shape index (κ1) is 10.7. The Kier molecular flexibility index (Phi) is 5.05. The molecule has 13 heavy (non-hydrogen) atoms. The van der Waals surface area contributed by atoms with E-state index in [0.717, 1.165) is 25.9 Å². The lowest BCUT2D eigenvalue weighted by atomic mass is 10.1. The monoisotopic (exact) mass is 201 g/mol. The Bertz CT molecular complexity index is 240. The number of aliphatic hydroxyl groups excluding tert-OH is 1. The van der Waals surface area contributed by atoms with Crippen molar-refractivity contribution in [1.29, 1.82) is 0 Å². The van der Waals surface area contributed by atoms with E-state index in [9.17, 15) is 0 Å². The number of likely N-dealkylation sites (N-methyl/N-ethyl adjacent to an activating group) is 1. The lowest BCUT2D eigenvalue weighted by Gasteiger charge is -2.02. The fraction of sp³-hybridized carbons (Fsp3) is 0.600. The van der Waals surface area contributed by atoms with Crippen molar-refractivity contribution in [2.75, 3.05) is 19.7 Å². The van der Waals surface area contributed by atoms with E-state index in [-0.39, 0.29) is 8.03 Å². The van der Waals surface area contributed by atoms with Gasteiger partial charge in [0.25, 0.3) is 0 Å². The van der Waals surface area contributed by atoms with E-state index < -0.39 is 0 Å². The first-order valence-corrected chi connectivity index (χ1v) is 5.63. The molecule has 1 aromatic rings. The zero-order valence-electron chi connectivity index (χ0n) is 8.05. The molecule has 0 atom stereocenters. The highest BCUT2D eigenvalue weighted by molar-refractivity contribution is 7.10. The van der Waals surface area contributed by atoms with Crippen molar-refractivity contribution >= 4 is 11.3 Å². The molecule has 0 aromatic carbocycles. The largest absolute Gasteiger partial charge is 0.396 e. The zero-order chi connectivity index (χ0) is 9.52. The molecule has 0 bridgehead atoms. The molecule has 76 valence electrons. The fourth-order valence-corrected chi connectivity index (χ4v) is 2.24. The normalized spacial score (nSPS) is 10.6. The van der Waals surface area contributed by atoms with Crippen LogP contribution in [0.5, 0.6) is 0 Å². The molecular weight excluding hydrogens is 182 g/mol. The summed E-state index contributed by atoms with van der Waals surface area (Å²) in [4.78, 5) is 1.33. The Hall–Kier alpha value is -0.380. The van der Waals surface area contributed by atoms with Crippen molar-refractivity contribution in [1.82, 2.24) is 5.32 Å². The van der Waals surface area contributed by atoms with Crippen LogP contribution in [0.15, 0.2) is 11.4 Å². The summed E-state index contributed by atoms with van der Waals surface area (Å²) in [5.74, 6) is 0. The van der Waals surface area contributed by atoms with E-state index in [4.69, 9.17) is 5.11 Å². The van der Waals surface area contributed by atoms with Crippen LogP contribution in [0.2, 0.25) is 0 Å². The van der Waals surface area contributed by atoms with Crippen LogP contribution < -0.4 is 5.32 Å². The Balaban J connectivity index is 0.00000169. The molecule has 3 heteroatoms. The lowest BCUT2D eigenvalue weighted by molar-refractivity contribution is 0.300. The third-order valence-corrected chi connectivity index (χ3v) is 3.02. The number of hydrogen-bond acceptors (Lipinski definition) is 3. The van der Waals surface area contributed by atoms with E-state index in [1.807, 2.05) is 0 Å². The van der Waals surface area contributed by atoms with Gasteiger partial charge in [-0.3, -0.25) is 0 Å². The molecule has 0 spiro atoms. The topological polar surface area (TPSA) is 32.3 Å². The first-order valence-electron chi connectivity index (χ1n) is 4.75. The second-order valence-electron chi connectivity index (χ2n) is 2.95. The van der Waals surface area contributed by atoms with E-state index in [2.05, 4.69) is 23.7 Å². The third kappa shape index (κ3) is 3.46. The molecule has 2 N–H and O–H groups in total. The molecule has 0 saturated heterocycles. The van der Waals surface area contributed by atoms with Crippen LogP contribution in [0.3, 0.4) is 0 Å². The van der Waals surface area contributed by atoms with Crippen molar-refractivity contribution in [3.63, 3.8) is 0 Å². The molecule has 0 aliphatic heterocycles. The van der Waals surface area contributed by atoms with Gasteiger partial charge in [0, 0.05) is 19.3 Å². The van der Waals surface area contributed by atoms with Gasteiger partial charge in [0.05, 0.1) is 0 Å². The predicted octanol–water partition coefficient (Wildman–Crippen LogP) is 1.68. The van der Waals surface area contributed by atoms with E-state index in [1.54, 1.807) is 11.3 Å². The number of rotatable bonds is 6. The standard InChI is InChI=1S/C10H17NOS.H2/c1-2-11-6-3-9-5-8-13-10(9)4-7-12;/h5,8,11-12H,2-4,6-7H2,1H3;1H. The van der Waals surface area contributed by atoms with Crippen molar-refractivity contribution < 1.29 is 6.53 Å². The molecule has 0 fully saturated rings. The highest BCUT2D eigenvalue weighted by atomic mass is 32.1. The number of thiophene rings is 1. The molecule has 0 saturated carbocycles. The van der Waals surface area contributed by atoms with Gasteiger partial charge in [-0.15, -0.1) is 11.3 Å². The van der Waals surface area contributed by atoms with Crippen molar-refractivity contribution in [2.24, 2.45) is 0 Å². The van der Waals surface area contributed by atoms with Gasteiger partial charge >= 0.3 is 0 Å². The molecule has 0 aliphatic carbocycles. The Labute approximate surface area is 85.1 Å². The van der Waals surface area contributed by atoms with Gasteiger partial charge in [-0.25, -0.2) is 0 Å². The summed E-state index contributed by atoms with van der Waals surface area (Å²) in [6, 6.07) is 2.16. The van der Waals surface area contributed by atoms with Gasteiger partial charge in [-0.1, -0.05) is 6.92 Å². The highest BCUT2D eigenvalue weighted by Gasteiger charge is 2.02. The van der Waals surface area contributed by atoms with Crippen LogP contribution >= 0.6 is 11.3 Å². The van der Waals surface area contributed by atoms with Gasteiger partial charge in [-0.2, -0.15) is 0 Å². The van der Waals surface area contributed by atoms with Crippen LogP contribution in [0.4, 0.5) is 0 Å². The molecule has 1 rings (SSSR count). The summed E-state index contributed by atoms with van der Waals surface area (Å²) in [5.41, 5.74) is 1.39. The van der Waals surface area contributed by atoms with Crippen LogP contribution in [0.25, 0.3) is 0 Å². The van der Waals surface area contributed by atoms with Gasteiger partial charge in [-0.05, 0) is 36.5 Å². The van der Waals surface area contributed by atoms with E-state index >= 15 is 0 Å². The summed E-state index contributed by atoms with van der Waals surface area (Å²) < 4.78 is 0. The zero-order valence-corrected chi connectivity index (χ0v) is 8.86. The maximum absolute atomic E-state index is 8.83. The molecule has 1 aromatic heterocycles. The minimum absolute atomic E-state index is 0. The first-order chi connectivity index (χ1) is 6.38. The molecule has 0 aliphatic rings. The highest BCUT2D eigenvalue weighted by Crippen LogP contribution is 2.17. The van der Waals surface area contributed by atoms with Crippen LogP contribution in [-0.2, 0) is 12.8 Å². The van der Waals surface area contributed by atoms with Gasteiger partial charge < -0.3 is 10.4 Å². The quantitative estimate of drug-likeness (QED) is 0.686. The average Bonchev–Trinajstić information content (AvgIpc) is 2.54. The lowest BCUT2D eigenvalue weighted by Crippen LogP contribution is -2.16. The number of nitrogens with one attached hydrogen (secondary N) is 1. The SMILES string of the molecule is CCNCCc1ccsc1CCO.[HH]. The van der Waals surface area contributed by atoms with Crippen molar-refractivity contribution in [3.05, 3.63) is 21.9 Å². The molecule has 0 radical (unpaired) electrons. The minimum atomic E-state index is 0. The van der Waals surface area contributed by atoms with Gasteiger partial charge in [0.2, 0.25) is 0 Å². The molecule has 0 amide bonds.